The molecule has 1 amide bonds. The number of hydrogen-bond acceptors (Lipinski definition) is 5. The van der Waals surface area contributed by atoms with Crippen LogP contribution in [0.15, 0.2) is 35.3 Å². The lowest BCUT2D eigenvalue weighted by Crippen LogP contribution is -2.31. The van der Waals surface area contributed by atoms with Crippen LogP contribution in [0.25, 0.3) is 10.9 Å². The maximum atomic E-state index is 14.3. The molecule has 3 aromatic rings. The molecule has 0 saturated heterocycles. The van der Waals surface area contributed by atoms with Crippen molar-refractivity contribution in [3.63, 3.8) is 0 Å². The average molecular weight is 458 g/mol. The third kappa shape index (κ3) is 4.22. The molecular weight excluding hydrogens is 434 g/mol. The zero-order valence-electron chi connectivity index (χ0n) is 18.5. The van der Waals surface area contributed by atoms with Gasteiger partial charge in [0.1, 0.15) is 5.56 Å². The molecule has 2 aromatic carbocycles. The number of carbonyl (C=O) groups excluding carboxylic acids is 1. The first-order valence-corrected chi connectivity index (χ1v) is 10.5. The molecule has 0 radical (unpaired) electrons. The number of carbonyl (C=O) groups is 1. The van der Waals surface area contributed by atoms with Gasteiger partial charge in [-0.05, 0) is 43.0 Å². The summed E-state index contributed by atoms with van der Waals surface area (Å²) in [4.78, 5) is 25.9. The van der Waals surface area contributed by atoms with Crippen molar-refractivity contribution in [1.29, 1.82) is 0 Å². The van der Waals surface area contributed by atoms with Gasteiger partial charge in [0.25, 0.3) is 5.91 Å². The smallest absolute Gasteiger partial charge is 0.256 e. The van der Waals surface area contributed by atoms with Gasteiger partial charge in [-0.25, -0.2) is 4.39 Å². The molecule has 0 atom stereocenters. The van der Waals surface area contributed by atoms with Gasteiger partial charge in [-0.1, -0.05) is 6.07 Å². The van der Waals surface area contributed by atoms with E-state index in [1.807, 2.05) is 12.1 Å². The highest BCUT2D eigenvalue weighted by Crippen LogP contribution is 2.40. The number of aromatic nitrogens is 1. The third-order valence-corrected chi connectivity index (χ3v) is 5.70. The number of nitrogens with zero attached hydrogens (tertiary/aromatic N) is 1. The summed E-state index contributed by atoms with van der Waals surface area (Å²) in [7, 11) is 4.30. The van der Waals surface area contributed by atoms with Crippen LogP contribution in [-0.2, 0) is 6.42 Å². The quantitative estimate of drug-likeness (QED) is 0.558. The van der Waals surface area contributed by atoms with Gasteiger partial charge < -0.3 is 24.1 Å². The molecule has 4 rings (SSSR count). The normalized spacial score (nSPS) is 13.1. The topological polar surface area (TPSA) is 78.8 Å². The zero-order valence-corrected chi connectivity index (χ0v) is 18.5. The molecule has 1 aliphatic rings. The van der Waals surface area contributed by atoms with Crippen molar-refractivity contribution in [2.75, 3.05) is 27.9 Å². The molecule has 0 aliphatic heterocycles. The first-order valence-electron chi connectivity index (χ1n) is 10.5. The van der Waals surface area contributed by atoms with Crippen molar-refractivity contribution in [2.45, 2.75) is 25.3 Å². The Balaban J connectivity index is 1.62. The Morgan fingerprint density at radius 1 is 1.09 bits per heavy atom. The molecule has 0 bridgehead atoms. The lowest BCUT2D eigenvalue weighted by molar-refractivity contribution is 0.0952. The van der Waals surface area contributed by atoms with Gasteiger partial charge >= 0.3 is 0 Å². The molecule has 1 N–H and O–H groups in total. The Bertz CT molecular complexity index is 1280. The summed E-state index contributed by atoms with van der Waals surface area (Å²) in [6.45, 7) is 0.260. The summed E-state index contributed by atoms with van der Waals surface area (Å²) in [6.07, 6.45) is 3.51. The molecule has 1 saturated carbocycles. The molecular formula is C24H24F2N2O5. The van der Waals surface area contributed by atoms with Gasteiger partial charge in [0.2, 0.25) is 11.2 Å². The molecule has 1 heterocycles. The minimum absolute atomic E-state index is 0.00910. The number of nitrogens with one attached hydrogen (secondary N) is 1. The third-order valence-electron chi connectivity index (χ3n) is 5.70. The van der Waals surface area contributed by atoms with E-state index in [4.69, 9.17) is 14.2 Å². The van der Waals surface area contributed by atoms with Gasteiger partial charge in [0.05, 0.1) is 32.2 Å². The molecule has 0 unspecified atom stereocenters. The van der Waals surface area contributed by atoms with Gasteiger partial charge in [-0.15, -0.1) is 0 Å². The van der Waals surface area contributed by atoms with Crippen LogP contribution in [0.5, 0.6) is 17.2 Å². The molecule has 33 heavy (non-hydrogen) atoms. The van der Waals surface area contributed by atoms with Crippen LogP contribution in [0.4, 0.5) is 8.78 Å². The lowest BCUT2D eigenvalue weighted by Gasteiger charge is -2.16. The maximum absolute atomic E-state index is 14.3. The predicted molar refractivity (Wildman–Crippen MR) is 119 cm³/mol. The van der Waals surface area contributed by atoms with E-state index in [1.165, 1.54) is 20.4 Å². The second kappa shape index (κ2) is 9.09. The largest absolute Gasteiger partial charge is 0.493 e. The predicted octanol–water partition coefficient (Wildman–Crippen LogP) is 3.61. The van der Waals surface area contributed by atoms with Gasteiger partial charge in [-0.3, -0.25) is 9.59 Å². The second-order valence-electron chi connectivity index (χ2n) is 7.81. The highest BCUT2D eigenvalue weighted by atomic mass is 19.2. The Morgan fingerprint density at radius 2 is 1.82 bits per heavy atom. The number of hydrogen-bond donors (Lipinski definition) is 1. The molecule has 1 aliphatic carbocycles. The van der Waals surface area contributed by atoms with E-state index in [2.05, 4.69) is 5.32 Å². The van der Waals surface area contributed by atoms with Crippen molar-refractivity contribution in [3.05, 3.63) is 63.4 Å². The van der Waals surface area contributed by atoms with Crippen LogP contribution in [0.1, 0.15) is 34.8 Å². The molecule has 174 valence electrons. The van der Waals surface area contributed by atoms with Crippen LogP contribution in [0.2, 0.25) is 0 Å². The Kier molecular flexibility index (Phi) is 6.22. The number of amides is 1. The van der Waals surface area contributed by atoms with Crippen LogP contribution in [-0.4, -0.2) is 38.3 Å². The summed E-state index contributed by atoms with van der Waals surface area (Å²) in [5.74, 6) is -2.11. The number of fused-ring (bicyclic) bond motifs is 1. The van der Waals surface area contributed by atoms with Gasteiger partial charge in [-0.2, -0.15) is 4.39 Å². The highest BCUT2D eigenvalue weighted by Gasteiger charge is 2.30. The summed E-state index contributed by atoms with van der Waals surface area (Å²) in [5.41, 5.74) is 0.257. The first-order chi connectivity index (χ1) is 15.9. The summed E-state index contributed by atoms with van der Waals surface area (Å²) < 4.78 is 45.7. The molecule has 1 fully saturated rings. The van der Waals surface area contributed by atoms with Crippen molar-refractivity contribution in [2.24, 2.45) is 0 Å². The van der Waals surface area contributed by atoms with E-state index in [0.717, 1.165) is 24.5 Å². The highest BCUT2D eigenvalue weighted by molar-refractivity contribution is 5.98. The van der Waals surface area contributed by atoms with Gasteiger partial charge in [0.15, 0.2) is 23.1 Å². The van der Waals surface area contributed by atoms with Crippen LogP contribution in [0, 0.1) is 11.6 Å². The standard InChI is InChI=1S/C24H24F2N2O5/c1-31-18-7-4-13(10-19(18)32-2)8-9-27-24(30)16-12-28(14-5-6-14)21-15(22(16)29)11-17(25)20(26)23(21)33-3/h4,7,10-12,14H,5-6,8-9H2,1-3H3,(H,27,30). The maximum Gasteiger partial charge on any atom is 0.256 e. The zero-order chi connectivity index (χ0) is 23.7. The monoisotopic (exact) mass is 458 g/mol. The number of halogens is 2. The second-order valence-corrected chi connectivity index (χ2v) is 7.81. The average Bonchev–Trinajstić information content (AvgIpc) is 3.66. The minimum atomic E-state index is -1.20. The molecule has 7 nitrogen and oxygen atoms in total. The van der Waals surface area contributed by atoms with E-state index in [9.17, 15) is 18.4 Å². The molecule has 1 aromatic heterocycles. The summed E-state index contributed by atoms with van der Waals surface area (Å²) in [5, 5.41) is 2.64. The van der Waals surface area contributed by atoms with E-state index in [0.29, 0.717) is 17.9 Å². The first kappa shape index (κ1) is 22.6. The number of benzene rings is 2. The van der Waals surface area contributed by atoms with Crippen molar-refractivity contribution in [1.82, 2.24) is 9.88 Å². The van der Waals surface area contributed by atoms with E-state index >= 15 is 0 Å². The van der Waals surface area contributed by atoms with Crippen molar-refractivity contribution >= 4 is 16.8 Å². The van der Waals surface area contributed by atoms with Crippen LogP contribution >= 0.6 is 0 Å². The van der Waals surface area contributed by atoms with Gasteiger partial charge in [0, 0.05) is 18.8 Å². The Morgan fingerprint density at radius 3 is 2.45 bits per heavy atom. The number of pyridine rings is 1. The number of rotatable bonds is 8. The summed E-state index contributed by atoms with van der Waals surface area (Å²) in [6, 6.07) is 6.26. The Hall–Kier alpha value is -3.62. The molecule has 0 spiro atoms. The van der Waals surface area contributed by atoms with Crippen molar-refractivity contribution < 1.29 is 27.8 Å². The van der Waals surface area contributed by atoms with Crippen LogP contribution < -0.4 is 25.0 Å². The molecule has 9 heteroatoms. The van der Waals surface area contributed by atoms with Crippen molar-refractivity contribution in [3.8, 4) is 17.2 Å². The fourth-order valence-electron chi connectivity index (χ4n) is 3.87. The fourth-order valence-corrected chi connectivity index (χ4v) is 3.87. The van der Waals surface area contributed by atoms with Crippen LogP contribution in [0.3, 0.4) is 0 Å². The minimum Gasteiger partial charge on any atom is -0.493 e. The van der Waals surface area contributed by atoms with E-state index < -0.39 is 23.0 Å². The number of ether oxygens (including phenoxy) is 3. The SMILES string of the molecule is COc1ccc(CCNC(=O)c2cn(C3CC3)c3c(OC)c(F)c(F)cc3c2=O)cc1OC. The van der Waals surface area contributed by atoms with E-state index in [-0.39, 0.29) is 34.8 Å². The fraction of sp³-hybridized carbons (Fsp3) is 0.333. The number of methoxy groups -OCH3 is 3. The Labute approximate surface area is 188 Å². The van der Waals surface area contributed by atoms with E-state index in [1.54, 1.807) is 17.7 Å². The summed E-state index contributed by atoms with van der Waals surface area (Å²) >= 11 is 0. The lowest BCUT2D eigenvalue weighted by atomic mass is 10.1.